The van der Waals surface area contributed by atoms with E-state index in [1.807, 2.05) is 57.2 Å². The molecule has 2 heterocycles. The summed E-state index contributed by atoms with van der Waals surface area (Å²) in [5.41, 5.74) is 9.02. The van der Waals surface area contributed by atoms with E-state index in [9.17, 15) is 14.9 Å². The summed E-state index contributed by atoms with van der Waals surface area (Å²) in [6.07, 6.45) is 0.849. The van der Waals surface area contributed by atoms with Gasteiger partial charge in [-0.2, -0.15) is 5.26 Å². The fraction of sp³-hybridized carbons (Fsp3) is 0.269. The molecular weight excluding hydrogens is 400 g/mol. The van der Waals surface area contributed by atoms with Crippen LogP contribution in [-0.2, 0) is 15.0 Å². The van der Waals surface area contributed by atoms with E-state index in [4.69, 9.17) is 5.73 Å². The van der Waals surface area contributed by atoms with Gasteiger partial charge in [-0.1, -0.05) is 44.2 Å². The van der Waals surface area contributed by atoms with Crippen LogP contribution >= 0.6 is 0 Å². The van der Waals surface area contributed by atoms with E-state index in [0.717, 1.165) is 11.3 Å². The number of hydrogen-bond acceptors (Lipinski definition) is 5. The summed E-state index contributed by atoms with van der Waals surface area (Å²) in [6, 6.07) is 17.2. The summed E-state index contributed by atoms with van der Waals surface area (Å²) in [5.74, 6) is -0.335. The number of nitrogens with zero attached hydrogens (tertiary/aromatic N) is 2. The topological polar surface area (TPSA) is 99.2 Å². The monoisotopic (exact) mass is 424 g/mol. The van der Waals surface area contributed by atoms with Gasteiger partial charge in [-0.3, -0.25) is 14.5 Å². The minimum atomic E-state index is -1.53. The van der Waals surface area contributed by atoms with Crippen molar-refractivity contribution in [2.24, 2.45) is 11.1 Å². The molecule has 1 unspecified atom stereocenters. The van der Waals surface area contributed by atoms with Crippen LogP contribution in [0.25, 0.3) is 0 Å². The summed E-state index contributed by atoms with van der Waals surface area (Å²) in [5, 5.41) is 13.2. The van der Waals surface area contributed by atoms with Crippen molar-refractivity contribution in [3.63, 3.8) is 0 Å². The molecule has 0 aromatic heterocycles. The molecule has 1 atom stereocenters. The molecule has 3 aliphatic rings. The first-order chi connectivity index (χ1) is 15.2. The highest BCUT2D eigenvalue weighted by atomic mass is 16.2. The lowest BCUT2D eigenvalue weighted by atomic mass is 9.61. The number of ketones is 1. The van der Waals surface area contributed by atoms with Crippen molar-refractivity contribution >= 4 is 23.1 Å². The minimum absolute atomic E-state index is 0.0910. The number of para-hydroxylation sites is 1. The molecule has 6 heteroatoms. The van der Waals surface area contributed by atoms with Crippen molar-refractivity contribution in [2.75, 3.05) is 10.2 Å². The number of carbonyl (C=O) groups excluding carboxylic acids is 2. The number of aryl methyl sites for hydroxylation is 1. The van der Waals surface area contributed by atoms with Crippen LogP contribution in [0.15, 0.2) is 71.2 Å². The maximum Gasteiger partial charge on any atom is 0.245 e. The fourth-order valence-electron chi connectivity index (χ4n) is 5.44. The first-order valence-corrected chi connectivity index (χ1v) is 10.7. The van der Waals surface area contributed by atoms with Crippen molar-refractivity contribution in [3.8, 4) is 6.07 Å². The summed E-state index contributed by atoms with van der Waals surface area (Å²) in [7, 11) is 0. The Balaban J connectivity index is 1.91. The van der Waals surface area contributed by atoms with Crippen molar-refractivity contribution in [3.05, 3.63) is 82.3 Å². The first-order valence-electron chi connectivity index (χ1n) is 10.7. The van der Waals surface area contributed by atoms with Crippen molar-refractivity contribution in [2.45, 2.75) is 39.0 Å². The summed E-state index contributed by atoms with van der Waals surface area (Å²) < 4.78 is 0. The lowest BCUT2D eigenvalue weighted by molar-refractivity contribution is -0.123. The molecule has 0 saturated carbocycles. The second-order valence-electron chi connectivity index (χ2n) is 9.56. The van der Waals surface area contributed by atoms with Gasteiger partial charge >= 0.3 is 0 Å². The van der Waals surface area contributed by atoms with Gasteiger partial charge in [0.1, 0.15) is 17.3 Å². The largest absolute Gasteiger partial charge is 0.384 e. The van der Waals surface area contributed by atoms with Crippen molar-refractivity contribution < 1.29 is 9.59 Å². The van der Waals surface area contributed by atoms with Gasteiger partial charge < -0.3 is 11.1 Å². The van der Waals surface area contributed by atoms with Gasteiger partial charge in [0.15, 0.2) is 5.78 Å². The Morgan fingerprint density at radius 2 is 1.84 bits per heavy atom. The van der Waals surface area contributed by atoms with Gasteiger partial charge in [0.2, 0.25) is 5.91 Å². The van der Waals surface area contributed by atoms with Gasteiger partial charge in [-0.15, -0.1) is 0 Å². The van der Waals surface area contributed by atoms with Crippen LogP contribution in [0.4, 0.5) is 11.4 Å². The molecular formula is C26H24N4O2. The van der Waals surface area contributed by atoms with Crippen LogP contribution < -0.4 is 16.0 Å². The molecule has 160 valence electrons. The van der Waals surface area contributed by atoms with E-state index in [1.54, 1.807) is 17.0 Å². The number of Topliss-reactive ketones (excluding diaryl/α,β-unsaturated/α-hetero) is 1. The van der Waals surface area contributed by atoms with Gasteiger partial charge in [0.05, 0.1) is 5.57 Å². The average Bonchev–Trinajstić information content (AvgIpc) is 2.99. The Morgan fingerprint density at radius 1 is 1.09 bits per heavy atom. The highest BCUT2D eigenvalue weighted by molar-refractivity contribution is 6.20. The van der Waals surface area contributed by atoms with Gasteiger partial charge in [-0.25, -0.2) is 0 Å². The zero-order valence-electron chi connectivity index (χ0n) is 18.3. The summed E-state index contributed by atoms with van der Waals surface area (Å²) in [4.78, 5) is 29.2. The highest BCUT2D eigenvalue weighted by Gasteiger charge is 2.61. The highest BCUT2D eigenvalue weighted by Crippen LogP contribution is 2.56. The summed E-state index contributed by atoms with van der Waals surface area (Å²) in [6.45, 7) is 6.06. The SMILES string of the molecule is Cc1cccc(N2C(N)=C(C#N)C3(C(=O)Nc4ccccc43)C3=C2CC(C)(C)CC3=O)c1. The van der Waals surface area contributed by atoms with E-state index in [0.29, 0.717) is 35.4 Å². The molecule has 1 amide bonds. The van der Waals surface area contributed by atoms with E-state index in [1.165, 1.54) is 0 Å². The van der Waals surface area contributed by atoms with Crippen LogP contribution in [0.1, 0.15) is 37.8 Å². The number of anilines is 2. The molecule has 1 aliphatic carbocycles. The number of rotatable bonds is 1. The van der Waals surface area contributed by atoms with Gasteiger partial charge in [-0.05, 0) is 42.5 Å². The van der Waals surface area contributed by atoms with E-state index < -0.39 is 11.3 Å². The van der Waals surface area contributed by atoms with Crippen molar-refractivity contribution in [1.82, 2.24) is 0 Å². The van der Waals surface area contributed by atoms with Crippen molar-refractivity contribution in [1.29, 1.82) is 5.26 Å². The molecule has 0 saturated heterocycles. The van der Waals surface area contributed by atoms with E-state index in [2.05, 4.69) is 11.4 Å². The Bertz CT molecular complexity index is 1310. The number of nitrogens with one attached hydrogen (secondary N) is 1. The third kappa shape index (κ3) is 2.51. The normalized spacial score (nSPS) is 23.8. The third-order valence-electron chi connectivity index (χ3n) is 6.66. The number of amides is 1. The summed E-state index contributed by atoms with van der Waals surface area (Å²) >= 11 is 0. The molecule has 32 heavy (non-hydrogen) atoms. The molecule has 6 nitrogen and oxygen atoms in total. The molecule has 0 bridgehead atoms. The zero-order valence-corrected chi connectivity index (χ0v) is 18.3. The predicted octanol–water partition coefficient (Wildman–Crippen LogP) is 4.04. The Hall–Kier alpha value is -3.85. The van der Waals surface area contributed by atoms with Crippen LogP contribution in [0.3, 0.4) is 0 Å². The van der Waals surface area contributed by atoms with Gasteiger partial charge in [0.25, 0.3) is 0 Å². The minimum Gasteiger partial charge on any atom is -0.384 e. The average molecular weight is 425 g/mol. The predicted molar refractivity (Wildman–Crippen MR) is 122 cm³/mol. The molecule has 2 aromatic rings. The molecule has 1 spiro atoms. The number of benzene rings is 2. The van der Waals surface area contributed by atoms with Crippen LogP contribution in [0, 0.1) is 23.7 Å². The Morgan fingerprint density at radius 3 is 2.56 bits per heavy atom. The smallest absolute Gasteiger partial charge is 0.245 e. The number of carbonyl (C=O) groups is 2. The maximum absolute atomic E-state index is 13.7. The number of hydrogen-bond donors (Lipinski definition) is 2. The molecule has 0 radical (unpaired) electrons. The quantitative estimate of drug-likeness (QED) is 0.720. The van der Waals surface area contributed by atoms with Crippen LogP contribution in [0.5, 0.6) is 0 Å². The molecule has 0 fully saturated rings. The van der Waals surface area contributed by atoms with Crippen LogP contribution in [-0.4, -0.2) is 11.7 Å². The maximum atomic E-state index is 13.7. The molecule has 5 rings (SSSR count). The van der Waals surface area contributed by atoms with E-state index >= 15 is 0 Å². The zero-order chi connectivity index (χ0) is 22.8. The number of nitriles is 1. The first kappa shape index (κ1) is 20.1. The fourth-order valence-corrected chi connectivity index (χ4v) is 5.44. The van der Waals surface area contributed by atoms with E-state index in [-0.39, 0.29) is 22.6 Å². The Labute approximate surface area is 187 Å². The molecule has 2 aromatic carbocycles. The van der Waals surface area contributed by atoms with Crippen LogP contribution in [0.2, 0.25) is 0 Å². The molecule has 3 N–H and O–H groups in total. The second kappa shape index (κ2) is 6.57. The number of nitrogens with two attached hydrogens (primary N) is 1. The number of allylic oxidation sites excluding steroid dienone is 1. The lowest BCUT2D eigenvalue weighted by Gasteiger charge is -2.46. The lowest BCUT2D eigenvalue weighted by Crippen LogP contribution is -2.52. The second-order valence-corrected chi connectivity index (χ2v) is 9.56. The Kier molecular flexibility index (Phi) is 4.12. The standard InChI is InChI=1S/C26H24N4O2/c1-15-7-6-8-16(11-15)30-20-12-25(2,3)13-21(31)22(20)26(18(14-27)23(30)28)17-9-4-5-10-19(17)29-24(26)32/h4-11H,12-13,28H2,1-3H3,(H,29,32). The number of fused-ring (bicyclic) bond motifs is 3. The third-order valence-corrected chi connectivity index (χ3v) is 6.66. The molecule has 2 aliphatic heterocycles. The van der Waals surface area contributed by atoms with Gasteiger partial charge in [0, 0.05) is 34.6 Å².